The van der Waals surface area contributed by atoms with Gasteiger partial charge in [0.15, 0.2) is 0 Å². The largest absolute Gasteiger partial charge is 0.439 e. The number of nitrogens with one attached hydrogen (secondary N) is 1. The van der Waals surface area contributed by atoms with E-state index >= 15 is 0 Å². The molecule has 0 radical (unpaired) electrons. The fraction of sp³-hybridized carbons (Fsp3) is 0.312. The number of hydrogen-bond donors (Lipinski definition) is 1. The minimum absolute atomic E-state index is 0.628. The number of pyridine rings is 1. The molecular formula is C16H20N2O. The van der Waals surface area contributed by atoms with Crippen molar-refractivity contribution in [3.8, 4) is 11.6 Å². The highest BCUT2D eigenvalue weighted by Gasteiger charge is 2.01. The molecule has 100 valence electrons. The fourth-order valence-corrected chi connectivity index (χ4v) is 1.74. The monoisotopic (exact) mass is 256 g/mol. The Kier molecular flexibility index (Phi) is 4.53. The molecule has 2 rings (SSSR count). The second-order valence-corrected chi connectivity index (χ2v) is 4.63. The van der Waals surface area contributed by atoms with Crippen LogP contribution in [0.1, 0.15) is 23.6 Å². The fourth-order valence-electron chi connectivity index (χ4n) is 1.74. The first-order valence-electron chi connectivity index (χ1n) is 6.60. The molecule has 0 unspecified atom stereocenters. The number of nitrogens with zero attached hydrogens (tertiary/aromatic N) is 1. The first kappa shape index (κ1) is 13.6. The van der Waals surface area contributed by atoms with E-state index in [0.29, 0.717) is 5.88 Å². The number of hydrogen-bond acceptors (Lipinski definition) is 3. The molecule has 3 nitrogen and oxygen atoms in total. The maximum absolute atomic E-state index is 5.74. The van der Waals surface area contributed by atoms with Gasteiger partial charge in [-0.05, 0) is 49.2 Å². The van der Waals surface area contributed by atoms with Gasteiger partial charge in [0.1, 0.15) is 5.75 Å². The van der Waals surface area contributed by atoms with E-state index in [4.69, 9.17) is 4.74 Å². The van der Waals surface area contributed by atoms with Crippen molar-refractivity contribution < 1.29 is 4.74 Å². The Morgan fingerprint density at radius 2 is 1.95 bits per heavy atom. The van der Waals surface area contributed by atoms with Gasteiger partial charge in [0.25, 0.3) is 0 Å². The van der Waals surface area contributed by atoms with Crippen LogP contribution in [0.25, 0.3) is 0 Å². The summed E-state index contributed by atoms with van der Waals surface area (Å²) in [4.78, 5) is 4.32. The van der Waals surface area contributed by atoms with Crippen LogP contribution in [0.2, 0.25) is 0 Å². The van der Waals surface area contributed by atoms with E-state index in [1.165, 1.54) is 11.1 Å². The predicted octanol–water partition coefficient (Wildman–Crippen LogP) is 3.60. The Bertz CT molecular complexity index is 535. The molecule has 0 bridgehead atoms. The van der Waals surface area contributed by atoms with Crippen LogP contribution in [0.5, 0.6) is 11.6 Å². The normalized spacial score (nSPS) is 10.5. The Morgan fingerprint density at radius 1 is 1.11 bits per heavy atom. The van der Waals surface area contributed by atoms with Gasteiger partial charge in [-0.2, -0.15) is 0 Å². The molecule has 0 atom stereocenters. The minimum Gasteiger partial charge on any atom is -0.439 e. The van der Waals surface area contributed by atoms with Gasteiger partial charge in [-0.15, -0.1) is 0 Å². The summed E-state index contributed by atoms with van der Waals surface area (Å²) in [6, 6.07) is 10.00. The zero-order valence-corrected chi connectivity index (χ0v) is 11.7. The molecule has 19 heavy (non-hydrogen) atoms. The lowest BCUT2D eigenvalue weighted by atomic mass is 10.1. The third-order valence-corrected chi connectivity index (χ3v) is 3.08. The highest BCUT2D eigenvalue weighted by Crippen LogP contribution is 2.22. The van der Waals surface area contributed by atoms with Crippen molar-refractivity contribution in [2.45, 2.75) is 27.3 Å². The van der Waals surface area contributed by atoms with Crippen LogP contribution >= 0.6 is 0 Å². The number of aryl methyl sites for hydroxylation is 2. The lowest BCUT2D eigenvalue weighted by Gasteiger charge is -2.08. The van der Waals surface area contributed by atoms with Gasteiger partial charge in [-0.25, -0.2) is 4.98 Å². The summed E-state index contributed by atoms with van der Waals surface area (Å²) in [6.45, 7) is 8.06. The molecule has 0 amide bonds. The van der Waals surface area contributed by atoms with E-state index < -0.39 is 0 Å². The van der Waals surface area contributed by atoms with Crippen LogP contribution in [-0.4, -0.2) is 11.5 Å². The summed E-state index contributed by atoms with van der Waals surface area (Å²) >= 11 is 0. The highest BCUT2D eigenvalue weighted by atomic mass is 16.5. The molecular weight excluding hydrogens is 236 g/mol. The molecule has 0 saturated carbocycles. The summed E-state index contributed by atoms with van der Waals surface area (Å²) in [5.74, 6) is 1.46. The van der Waals surface area contributed by atoms with E-state index in [1.54, 1.807) is 0 Å². The summed E-state index contributed by atoms with van der Waals surface area (Å²) in [6.07, 6.45) is 1.85. The molecule has 0 spiro atoms. The Labute approximate surface area is 114 Å². The molecule has 2 aromatic rings. The number of ether oxygens (including phenoxy) is 1. The summed E-state index contributed by atoms with van der Waals surface area (Å²) in [7, 11) is 0. The van der Waals surface area contributed by atoms with Crippen molar-refractivity contribution in [1.82, 2.24) is 10.3 Å². The van der Waals surface area contributed by atoms with Gasteiger partial charge in [0.05, 0.1) is 0 Å². The molecule has 0 aliphatic carbocycles. The number of aromatic nitrogens is 1. The molecule has 1 aromatic heterocycles. The average Bonchev–Trinajstić information content (AvgIpc) is 2.42. The number of rotatable bonds is 5. The second-order valence-electron chi connectivity index (χ2n) is 4.63. The Hall–Kier alpha value is -1.87. The third kappa shape index (κ3) is 3.80. The first-order valence-corrected chi connectivity index (χ1v) is 6.60. The molecule has 3 heteroatoms. The van der Waals surface area contributed by atoms with Gasteiger partial charge in [0, 0.05) is 18.8 Å². The molecule has 0 aliphatic rings. The summed E-state index contributed by atoms with van der Waals surface area (Å²) in [5, 5.41) is 3.27. The van der Waals surface area contributed by atoms with Crippen molar-refractivity contribution in [3.05, 3.63) is 53.2 Å². The van der Waals surface area contributed by atoms with Crippen molar-refractivity contribution in [3.63, 3.8) is 0 Å². The van der Waals surface area contributed by atoms with E-state index in [2.05, 4.69) is 37.1 Å². The lowest BCUT2D eigenvalue weighted by molar-refractivity contribution is 0.462. The maximum Gasteiger partial charge on any atom is 0.219 e. The van der Waals surface area contributed by atoms with Gasteiger partial charge in [-0.1, -0.05) is 19.1 Å². The number of benzene rings is 1. The zero-order valence-electron chi connectivity index (χ0n) is 11.7. The zero-order chi connectivity index (χ0) is 13.7. The van der Waals surface area contributed by atoms with Crippen LogP contribution in [0, 0.1) is 13.8 Å². The molecule has 0 aliphatic heterocycles. The van der Waals surface area contributed by atoms with E-state index in [0.717, 1.165) is 24.4 Å². The Balaban J connectivity index is 2.04. The topological polar surface area (TPSA) is 34.1 Å². The molecule has 0 fully saturated rings. The van der Waals surface area contributed by atoms with Crippen molar-refractivity contribution in [2.75, 3.05) is 6.54 Å². The average molecular weight is 256 g/mol. The first-order chi connectivity index (χ1) is 9.19. The molecule has 1 aromatic carbocycles. The highest BCUT2D eigenvalue weighted by molar-refractivity contribution is 5.36. The molecule has 1 heterocycles. The summed E-state index contributed by atoms with van der Waals surface area (Å²) in [5.41, 5.74) is 3.65. The Morgan fingerprint density at radius 3 is 2.58 bits per heavy atom. The minimum atomic E-state index is 0.628. The summed E-state index contributed by atoms with van der Waals surface area (Å²) < 4.78 is 5.74. The smallest absolute Gasteiger partial charge is 0.219 e. The van der Waals surface area contributed by atoms with Crippen molar-refractivity contribution in [1.29, 1.82) is 0 Å². The molecule has 1 N–H and O–H groups in total. The van der Waals surface area contributed by atoms with Crippen LogP contribution in [0.15, 0.2) is 36.5 Å². The third-order valence-electron chi connectivity index (χ3n) is 3.08. The van der Waals surface area contributed by atoms with Gasteiger partial charge in [0.2, 0.25) is 5.88 Å². The van der Waals surface area contributed by atoms with Gasteiger partial charge in [-0.3, -0.25) is 0 Å². The lowest BCUT2D eigenvalue weighted by Crippen LogP contribution is -2.11. The second kappa shape index (κ2) is 6.34. The quantitative estimate of drug-likeness (QED) is 0.887. The molecule has 0 saturated heterocycles. The van der Waals surface area contributed by atoms with Gasteiger partial charge < -0.3 is 10.1 Å². The van der Waals surface area contributed by atoms with Crippen molar-refractivity contribution >= 4 is 0 Å². The van der Waals surface area contributed by atoms with E-state index in [1.807, 2.05) is 30.5 Å². The van der Waals surface area contributed by atoms with E-state index in [-0.39, 0.29) is 0 Å². The maximum atomic E-state index is 5.74. The van der Waals surface area contributed by atoms with Crippen LogP contribution in [-0.2, 0) is 6.54 Å². The predicted molar refractivity (Wildman–Crippen MR) is 77.6 cm³/mol. The van der Waals surface area contributed by atoms with Crippen LogP contribution in [0.3, 0.4) is 0 Å². The van der Waals surface area contributed by atoms with Crippen LogP contribution in [0.4, 0.5) is 0 Å². The van der Waals surface area contributed by atoms with Crippen molar-refractivity contribution in [2.24, 2.45) is 0 Å². The van der Waals surface area contributed by atoms with Crippen LogP contribution < -0.4 is 10.1 Å². The SMILES string of the molecule is CCNCc1ccc(Oc2ccc(C)c(C)c2)nc1. The van der Waals surface area contributed by atoms with Gasteiger partial charge >= 0.3 is 0 Å². The standard InChI is InChI=1S/C16H20N2O/c1-4-17-10-14-6-8-16(18-11-14)19-15-7-5-12(2)13(3)9-15/h5-9,11,17H,4,10H2,1-3H3. The van der Waals surface area contributed by atoms with E-state index in [9.17, 15) is 0 Å².